The number of nitrogens with zero attached hydrogens (tertiary/aromatic N) is 2. The van der Waals surface area contributed by atoms with Crippen LogP contribution in [-0.2, 0) is 6.54 Å². The number of rotatable bonds is 3. The van der Waals surface area contributed by atoms with Crippen LogP contribution >= 0.6 is 0 Å². The quantitative estimate of drug-likeness (QED) is 0.738. The van der Waals surface area contributed by atoms with Crippen LogP contribution in [0.3, 0.4) is 0 Å². The van der Waals surface area contributed by atoms with E-state index < -0.39 is 0 Å². The lowest BCUT2D eigenvalue weighted by Gasteiger charge is -2.17. The lowest BCUT2D eigenvalue weighted by Crippen LogP contribution is -2.27. The van der Waals surface area contributed by atoms with Crippen LogP contribution in [0, 0.1) is 6.92 Å². The van der Waals surface area contributed by atoms with Crippen LogP contribution in [0.1, 0.15) is 21.8 Å². The number of fused-ring (bicyclic) bond motifs is 1. The Morgan fingerprint density at radius 3 is 2.81 bits per heavy atom. The highest BCUT2D eigenvalue weighted by atomic mass is 16.3. The van der Waals surface area contributed by atoms with Gasteiger partial charge < -0.3 is 9.32 Å². The molecule has 0 saturated carbocycles. The zero-order valence-corrected chi connectivity index (χ0v) is 12.0. The van der Waals surface area contributed by atoms with Crippen molar-refractivity contribution in [1.29, 1.82) is 0 Å². The Morgan fingerprint density at radius 2 is 2.05 bits per heavy atom. The average molecular weight is 280 g/mol. The number of aryl methyl sites for hydroxylation is 1. The van der Waals surface area contributed by atoms with Crippen molar-refractivity contribution in [2.75, 3.05) is 7.05 Å². The molecule has 4 nitrogen and oxygen atoms in total. The van der Waals surface area contributed by atoms with E-state index in [0.717, 1.165) is 22.1 Å². The Labute approximate surface area is 123 Å². The number of amides is 1. The normalized spacial score (nSPS) is 10.8. The first-order valence-electron chi connectivity index (χ1n) is 6.79. The van der Waals surface area contributed by atoms with Gasteiger partial charge in [0.25, 0.3) is 5.91 Å². The molecule has 2 aromatic heterocycles. The van der Waals surface area contributed by atoms with E-state index in [4.69, 9.17) is 4.42 Å². The maximum Gasteiger partial charge on any atom is 0.273 e. The maximum absolute atomic E-state index is 12.6. The van der Waals surface area contributed by atoms with Gasteiger partial charge in [0.05, 0.1) is 6.26 Å². The Bertz CT molecular complexity index is 787. The number of hydrogen-bond acceptors (Lipinski definition) is 3. The van der Waals surface area contributed by atoms with Crippen molar-refractivity contribution in [3.8, 4) is 0 Å². The van der Waals surface area contributed by atoms with Gasteiger partial charge >= 0.3 is 0 Å². The minimum Gasteiger partial charge on any atom is -0.469 e. The molecule has 1 aromatic carbocycles. The van der Waals surface area contributed by atoms with Gasteiger partial charge in [0.1, 0.15) is 11.5 Å². The van der Waals surface area contributed by atoms with Crippen LogP contribution < -0.4 is 0 Å². The topological polar surface area (TPSA) is 46.3 Å². The largest absolute Gasteiger partial charge is 0.469 e. The van der Waals surface area contributed by atoms with E-state index in [1.54, 1.807) is 24.4 Å². The molecule has 0 aliphatic heterocycles. The summed E-state index contributed by atoms with van der Waals surface area (Å²) >= 11 is 0. The van der Waals surface area contributed by atoms with Crippen LogP contribution in [0.4, 0.5) is 0 Å². The lowest BCUT2D eigenvalue weighted by molar-refractivity contribution is 0.0781. The van der Waals surface area contributed by atoms with Gasteiger partial charge in [-0.3, -0.25) is 9.78 Å². The summed E-state index contributed by atoms with van der Waals surface area (Å²) in [5.74, 6) is 0.743. The third-order valence-electron chi connectivity index (χ3n) is 3.60. The summed E-state index contributed by atoms with van der Waals surface area (Å²) in [4.78, 5) is 18.6. The summed E-state index contributed by atoms with van der Waals surface area (Å²) in [5, 5.41) is 1.89. The predicted octanol–water partition coefficient (Wildman–Crippen LogP) is 3.41. The van der Waals surface area contributed by atoms with Crippen LogP contribution in [-0.4, -0.2) is 22.8 Å². The number of pyridine rings is 1. The van der Waals surface area contributed by atoms with E-state index in [1.807, 2.05) is 43.3 Å². The predicted molar refractivity (Wildman–Crippen MR) is 81.0 cm³/mol. The molecule has 3 rings (SSSR count). The molecule has 4 heteroatoms. The number of hydrogen-bond donors (Lipinski definition) is 0. The first kappa shape index (κ1) is 13.4. The molecule has 0 atom stereocenters. The molecule has 0 aliphatic carbocycles. The summed E-state index contributed by atoms with van der Waals surface area (Å²) in [6.45, 7) is 2.40. The minimum absolute atomic E-state index is 0.0904. The summed E-state index contributed by atoms with van der Waals surface area (Å²) < 4.78 is 5.27. The molecule has 0 saturated heterocycles. The van der Waals surface area contributed by atoms with Gasteiger partial charge in [-0.25, -0.2) is 0 Å². The van der Waals surface area contributed by atoms with Gasteiger partial charge in [-0.15, -0.1) is 0 Å². The fourth-order valence-electron chi connectivity index (χ4n) is 2.37. The molecule has 1 amide bonds. The van der Waals surface area contributed by atoms with Crippen LogP contribution in [0.15, 0.2) is 53.3 Å². The fourth-order valence-corrected chi connectivity index (χ4v) is 2.37. The summed E-state index contributed by atoms with van der Waals surface area (Å²) in [5.41, 5.74) is 1.49. The molecule has 3 aromatic rings. The van der Waals surface area contributed by atoms with Crippen LogP contribution in [0.2, 0.25) is 0 Å². The second kappa shape index (κ2) is 5.40. The third-order valence-corrected chi connectivity index (χ3v) is 3.60. The van der Waals surface area contributed by atoms with E-state index in [-0.39, 0.29) is 5.91 Å². The monoisotopic (exact) mass is 280 g/mol. The van der Waals surface area contributed by atoms with Crippen LogP contribution in [0.25, 0.3) is 10.8 Å². The Morgan fingerprint density at radius 1 is 1.24 bits per heavy atom. The van der Waals surface area contributed by atoms with Gasteiger partial charge in [-0.1, -0.05) is 24.3 Å². The maximum atomic E-state index is 12.6. The zero-order chi connectivity index (χ0) is 14.8. The standard InChI is InChI=1S/C17H16N2O2/c1-12-14(8-10-21-12)11-19(2)17(20)16-15-6-4-3-5-13(15)7-9-18-16/h3-10H,11H2,1-2H3. The molecule has 21 heavy (non-hydrogen) atoms. The smallest absolute Gasteiger partial charge is 0.273 e. The number of carbonyl (C=O) groups is 1. The van der Waals surface area contributed by atoms with Crippen molar-refractivity contribution < 1.29 is 9.21 Å². The van der Waals surface area contributed by atoms with Crippen LogP contribution in [0.5, 0.6) is 0 Å². The number of furan rings is 1. The first-order valence-corrected chi connectivity index (χ1v) is 6.79. The summed E-state index contributed by atoms with van der Waals surface area (Å²) in [6.07, 6.45) is 3.31. The molecule has 106 valence electrons. The van der Waals surface area contributed by atoms with E-state index in [1.165, 1.54) is 0 Å². The Balaban J connectivity index is 1.91. The molecule has 0 radical (unpaired) electrons. The molecule has 0 spiro atoms. The van der Waals surface area contributed by atoms with E-state index in [0.29, 0.717) is 12.2 Å². The van der Waals surface area contributed by atoms with E-state index >= 15 is 0 Å². The zero-order valence-electron chi connectivity index (χ0n) is 12.0. The van der Waals surface area contributed by atoms with Crippen molar-refractivity contribution in [3.63, 3.8) is 0 Å². The van der Waals surface area contributed by atoms with Gasteiger partial charge in [0.15, 0.2) is 0 Å². The van der Waals surface area contributed by atoms with E-state index in [9.17, 15) is 4.79 Å². The highest BCUT2D eigenvalue weighted by Crippen LogP contribution is 2.19. The minimum atomic E-state index is -0.0904. The van der Waals surface area contributed by atoms with Crippen molar-refractivity contribution in [3.05, 3.63) is 65.9 Å². The van der Waals surface area contributed by atoms with Crippen molar-refractivity contribution >= 4 is 16.7 Å². The number of aromatic nitrogens is 1. The third kappa shape index (κ3) is 2.52. The summed E-state index contributed by atoms with van der Waals surface area (Å²) in [6, 6.07) is 11.6. The van der Waals surface area contributed by atoms with Gasteiger partial charge in [0, 0.05) is 30.7 Å². The number of benzene rings is 1. The molecule has 0 fully saturated rings. The van der Waals surface area contributed by atoms with Gasteiger partial charge in [-0.2, -0.15) is 0 Å². The molecule has 0 unspecified atom stereocenters. The van der Waals surface area contributed by atoms with Gasteiger partial charge in [-0.05, 0) is 24.4 Å². The Hall–Kier alpha value is -2.62. The first-order chi connectivity index (χ1) is 10.2. The highest BCUT2D eigenvalue weighted by Gasteiger charge is 2.17. The molecule has 0 N–H and O–H groups in total. The van der Waals surface area contributed by atoms with Crippen molar-refractivity contribution in [1.82, 2.24) is 9.88 Å². The molecule has 0 aliphatic rings. The molecule has 2 heterocycles. The lowest BCUT2D eigenvalue weighted by atomic mass is 10.1. The fraction of sp³-hybridized carbons (Fsp3) is 0.176. The van der Waals surface area contributed by atoms with E-state index in [2.05, 4.69) is 4.98 Å². The van der Waals surface area contributed by atoms with Crippen molar-refractivity contribution in [2.24, 2.45) is 0 Å². The molecular weight excluding hydrogens is 264 g/mol. The average Bonchev–Trinajstić information content (AvgIpc) is 2.91. The van der Waals surface area contributed by atoms with Crippen molar-refractivity contribution in [2.45, 2.75) is 13.5 Å². The van der Waals surface area contributed by atoms with Gasteiger partial charge in [0.2, 0.25) is 0 Å². The second-order valence-corrected chi connectivity index (χ2v) is 5.04. The molecule has 0 bridgehead atoms. The molecular formula is C17H16N2O2. The SMILES string of the molecule is Cc1occc1CN(C)C(=O)c1nccc2ccccc12. The number of carbonyl (C=O) groups excluding carboxylic acids is 1. The Kier molecular flexibility index (Phi) is 3.44. The summed E-state index contributed by atoms with van der Waals surface area (Å²) in [7, 11) is 1.78. The second-order valence-electron chi connectivity index (χ2n) is 5.04. The highest BCUT2D eigenvalue weighted by molar-refractivity contribution is 6.04.